The Balaban J connectivity index is 2.43. The lowest BCUT2D eigenvalue weighted by atomic mass is 10.1. The fraction of sp³-hybridized carbons (Fsp3) is 0.417. The molecule has 19 heavy (non-hydrogen) atoms. The summed E-state index contributed by atoms with van der Waals surface area (Å²) >= 11 is 0. The molecular weight excluding hydrogens is 248 g/mol. The van der Waals surface area contributed by atoms with Crippen molar-refractivity contribution in [3.63, 3.8) is 0 Å². The number of hydrogen-bond donors (Lipinski definition) is 1. The summed E-state index contributed by atoms with van der Waals surface area (Å²) in [6, 6.07) is 0. The van der Waals surface area contributed by atoms with Crippen molar-refractivity contribution in [3.8, 4) is 11.8 Å². The Morgan fingerprint density at radius 1 is 1.32 bits per heavy atom. The maximum Gasteiger partial charge on any atom is 0.241 e. The average Bonchev–Trinajstić information content (AvgIpc) is 2.76. The molecule has 0 aliphatic carbocycles. The highest BCUT2D eigenvalue weighted by molar-refractivity contribution is 5.33. The maximum absolute atomic E-state index is 10.4. The third kappa shape index (κ3) is 2.50. The lowest BCUT2D eigenvalue weighted by Crippen LogP contribution is -2.07. The summed E-state index contributed by atoms with van der Waals surface area (Å²) in [5, 5.41) is 14.6. The van der Waals surface area contributed by atoms with Crippen molar-refractivity contribution >= 4 is 0 Å². The van der Waals surface area contributed by atoms with Crippen LogP contribution in [0.4, 0.5) is 0 Å². The van der Waals surface area contributed by atoms with Gasteiger partial charge in [0.05, 0.1) is 26.1 Å². The topological polar surface area (TPSA) is 82.3 Å². The van der Waals surface area contributed by atoms with Crippen LogP contribution in [0.2, 0.25) is 0 Å². The molecule has 2 heterocycles. The van der Waals surface area contributed by atoms with E-state index in [-0.39, 0.29) is 5.88 Å². The quantitative estimate of drug-likeness (QED) is 0.871. The van der Waals surface area contributed by atoms with Gasteiger partial charge in [0.2, 0.25) is 11.8 Å². The van der Waals surface area contributed by atoms with Gasteiger partial charge in [-0.2, -0.15) is 10.1 Å². The predicted octanol–water partition coefficient (Wildman–Crippen LogP) is 0.617. The molecule has 0 bridgehead atoms. The molecular formula is C12H16N4O3. The zero-order valence-corrected chi connectivity index (χ0v) is 11.3. The fourth-order valence-corrected chi connectivity index (χ4v) is 1.84. The lowest BCUT2D eigenvalue weighted by molar-refractivity contribution is 0.206. The maximum atomic E-state index is 10.4. The van der Waals surface area contributed by atoms with E-state index in [1.807, 2.05) is 6.92 Å². The Hall–Kier alpha value is -2.15. The number of aromatic nitrogens is 4. The smallest absolute Gasteiger partial charge is 0.241 e. The Kier molecular flexibility index (Phi) is 3.66. The zero-order valence-electron chi connectivity index (χ0n) is 11.3. The SMILES string of the molecule is COc1cnc(C(O)c2cn(C)nc2C)c(OC)n1. The molecule has 1 unspecified atom stereocenters. The van der Waals surface area contributed by atoms with E-state index in [1.54, 1.807) is 17.9 Å². The van der Waals surface area contributed by atoms with Crippen molar-refractivity contribution in [2.75, 3.05) is 14.2 Å². The van der Waals surface area contributed by atoms with Crippen molar-refractivity contribution in [2.45, 2.75) is 13.0 Å². The molecule has 0 saturated heterocycles. The second kappa shape index (κ2) is 5.23. The van der Waals surface area contributed by atoms with Crippen molar-refractivity contribution in [1.29, 1.82) is 0 Å². The summed E-state index contributed by atoms with van der Waals surface area (Å²) in [6.07, 6.45) is 2.24. The molecule has 2 aromatic rings. The third-order valence-corrected chi connectivity index (χ3v) is 2.75. The van der Waals surface area contributed by atoms with Crippen LogP contribution in [0.5, 0.6) is 11.8 Å². The van der Waals surface area contributed by atoms with Crippen molar-refractivity contribution < 1.29 is 14.6 Å². The average molecular weight is 264 g/mol. The molecule has 0 saturated carbocycles. The molecule has 0 amide bonds. The van der Waals surface area contributed by atoms with Crippen LogP contribution in [0, 0.1) is 6.92 Å². The lowest BCUT2D eigenvalue weighted by Gasteiger charge is -2.12. The second-order valence-corrected chi connectivity index (χ2v) is 4.05. The van der Waals surface area contributed by atoms with E-state index in [2.05, 4.69) is 15.1 Å². The summed E-state index contributed by atoms with van der Waals surface area (Å²) < 4.78 is 11.7. The number of ether oxygens (including phenoxy) is 2. The highest BCUT2D eigenvalue weighted by Gasteiger charge is 2.22. The number of aryl methyl sites for hydroxylation is 2. The van der Waals surface area contributed by atoms with Crippen LogP contribution in [-0.2, 0) is 7.05 Å². The molecule has 1 N–H and O–H groups in total. The standard InChI is InChI=1S/C12H16N4O3/c1-7-8(6-16(2)15-7)11(17)10-12(19-4)14-9(18-3)5-13-10/h5-6,11,17H,1-4H3. The Morgan fingerprint density at radius 2 is 2.05 bits per heavy atom. The van der Waals surface area contributed by atoms with Crippen molar-refractivity contribution in [3.05, 3.63) is 29.3 Å². The Bertz CT molecular complexity index is 582. The molecule has 0 aliphatic rings. The predicted molar refractivity (Wildman–Crippen MR) is 67.1 cm³/mol. The van der Waals surface area contributed by atoms with Crippen LogP contribution in [-0.4, -0.2) is 39.1 Å². The van der Waals surface area contributed by atoms with Crippen molar-refractivity contribution in [2.24, 2.45) is 7.05 Å². The Labute approximate surface area is 110 Å². The van der Waals surface area contributed by atoms with Gasteiger partial charge < -0.3 is 14.6 Å². The van der Waals surface area contributed by atoms with E-state index in [0.29, 0.717) is 17.1 Å². The first-order chi connectivity index (χ1) is 9.06. The minimum absolute atomic E-state index is 0.232. The molecule has 7 heteroatoms. The molecule has 0 radical (unpaired) electrons. The van der Waals surface area contributed by atoms with Gasteiger partial charge in [-0.3, -0.25) is 4.68 Å². The number of hydrogen-bond acceptors (Lipinski definition) is 6. The number of aliphatic hydroxyl groups is 1. The van der Waals surface area contributed by atoms with Gasteiger partial charge in [0, 0.05) is 18.8 Å². The first-order valence-electron chi connectivity index (χ1n) is 5.70. The summed E-state index contributed by atoms with van der Waals surface area (Å²) in [6.45, 7) is 1.82. The van der Waals surface area contributed by atoms with Gasteiger partial charge in [-0.1, -0.05) is 0 Å². The minimum Gasteiger partial charge on any atom is -0.480 e. The summed E-state index contributed by atoms with van der Waals surface area (Å²) in [4.78, 5) is 8.25. The molecule has 7 nitrogen and oxygen atoms in total. The summed E-state index contributed by atoms with van der Waals surface area (Å²) in [5.74, 6) is 0.561. The summed E-state index contributed by atoms with van der Waals surface area (Å²) in [7, 11) is 4.75. The van der Waals surface area contributed by atoms with Gasteiger partial charge in [0.1, 0.15) is 11.8 Å². The van der Waals surface area contributed by atoms with E-state index >= 15 is 0 Å². The van der Waals surface area contributed by atoms with E-state index in [9.17, 15) is 5.11 Å². The fourth-order valence-electron chi connectivity index (χ4n) is 1.84. The van der Waals surface area contributed by atoms with Crippen molar-refractivity contribution in [1.82, 2.24) is 19.7 Å². The molecule has 0 fully saturated rings. The number of rotatable bonds is 4. The first kappa shape index (κ1) is 13.3. The number of aliphatic hydroxyl groups excluding tert-OH is 1. The third-order valence-electron chi connectivity index (χ3n) is 2.75. The van der Waals surface area contributed by atoms with Crippen LogP contribution in [0.3, 0.4) is 0 Å². The molecule has 2 rings (SSSR count). The van der Waals surface area contributed by atoms with Gasteiger partial charge in [-0.05, 0) is 6.92 Å². The number of methoxy groups -OCH3 is 2. The van der Waals surface area contributed by atoms with E-state index in [4.69, 9.17) is 9.47 Å². The minimum atomic E-state index is -0.943. The van der Waals surface area contributed by atoms with Gasteiger partial charge in [0.15, 0.2) is 0 Å². The monoisotopic (exact) mass is 264 g/mol. The van der Waals surface area contributed by atoms with Crippen LogP contribution in [0.1, 0.15) is 23.1 Å². The molecule has 2 aromatic heterocycles. The van der Waals surface area contributed by atoms with E-state index < -0.39 is 6.10 Å². The molecule has 1 atom stereocenters. The number of nitrogens with zero attached hydrogens (tertiary/aromatic N) is 4. The second-order valence-electron chi connectivity index (χ2n) is 4.05. The van der Waals surface area contributed by atoms with Gasteiger partial charge in [-0.15, -0.1) is 0 Å². The molecule has 0 aliphatic heterocycles. The van der Waals surface area contributed by atoms with Crippen LogP contribution >= 0.6 is 0 Å². The highest BCUT2D eigenvalue weighted by Crippen LogP contribution is 2.29. The highest BCUT2D eigenvalue weighted by atomic mass is 16.5. The summed E-state index contributed by atoms with van der Waals surface area (Å²) in [5.41, 5.74) is 1.73. The first-order valence-corrected chi connectivity index (χ1v) is 5.70. The van der Waals surface area contributed by atoms with E-state index in [1.165, 1.54) is 20.4 Å². The van der Waals surface area contributed by atoms with E-state index in [0.717, 1.165) is 5.69 Å². The molecule has 102 valence electrons. The van der Waals surface area contributed by atoms with Crippen LogP contribution in [0.25, 0.3) is 0 Å². The van der Waals surface area contributed by atoms with Crippen LogP contribution < -0.4 is 9.47 Å². The van der Waals surface area contributed by atoms with Gasteiger partial charge in [0.25, 0.3) is 0 Å². The molecule has 0 spiro atoms. The van der Waals surface area contributed by atoms with Gasteiger partial charge >= 0.3 is 0 Å². The van der Waals surface area contributed by atoms with Gasteiger partial charge in [-0.25, -0.2) is 4.98 Å². The van der Waals surface area contributed by atoms with Crippen LogP contribution in [0.15, 0.2) is 12.4 Å². The largest absolute Gasteiger partial charge is 0.480 e. The Morgan fingerprint density at radius 3 is 2.58 bits per heavy atom. The zero-order chi connectivity index (χ0) is 14.0. The normalized spacial score (nSPS) is 12.3. The molecule has 0 aromatic carbocycles.